The molecule has 0 saturated carbocycles. The number of benzene rings is 2. The highest BCUT2D eigenvalue weighted by atomic mass is 35.5. The van der Waals surface area contributed by atoms with E-state index in [9.17, 15) is 9.59 Å². The van der Waals surface area contributed by atoms with Gasteiger partial charge in [0.25, 0.3) is 11.8 Å². The van der Waals surface area contributed by atoms with E-state index < -0.39 is 11.8 Å². The van der Waals surface area contributed by atoms with Gasteiger partial charge in [-0.3, -0.25) is 15.0 Å². The van der Waals surface area contributed by atoms with Crippen molar-refractivity contribution in [2.75, 3.05) is 6.61 Å². The molecule has 0 aliphatic carbocycles. The molecular weight excluding hydrogens is 480 g/mol. The number of amides is 2. The average molecular weight is 505 g/mol. The molecule has 3 rings (SSSR count). The highest BCUT2D eigenvalue weighted by Gasteiger charge is 2.34. The molecule has 1 atom stereocenters. The Bertz CT molecular complexity index is 1120. The number of halogens is 1. The van der Waals surface area contributed by atoms with E-state index in [-0.39, 0.29) is 16.0 Å². The predicted molar refractivity (Wildman–Crippen MR) is 137 cm³/mol. The first-order valence-electron chi connectivity index (χ1n) is 10.5. The molecule has 0 unspecified atom stereocenters. The first-order chi connectivity index (χ1) is 15.7. The minimum absolute atomic E-state index is 0.0527. The Balaban J connectivity index is 1.80. The number of rotatable bonds is 8. The van der Waals surface area contributed by atoms with Gasteiger partial charge in [-0.05, 0) is 80.9 Å². The lowest BCUT2D eigenvalue weighted by molar-refractivity contribution is -0.123. The summed E-state index contributed by atoms with van der Waals surface area (Å²) in [5, 5.41) is 1.37. The Labute approximate surface area is 208 Å². The molecule has 33 heavy (non-hydrogen) atoms. The van der Waals surface area contributed by atoms with Crippen LogP contribution in [0.4, 0.5) is 0 Å². The van der Waals surface area contributed by atoms with Crippen molar-refractivity contribution in [2.24, 2.45) is 0 Å². The standard InChI is InChI=1S/C24H25ClN2O4S2/c1-5-15(4)31-19-10-8-16(12-20(19)30-6-2)13-21-23(29)27(24(32)33-21)26-22(28)17-9-7-14(3)11-18(17)25/h7-13,15H,5-6H2,1-4H3,(H,26,28)/b21-13+/t15-/m0/s1. The van der Waals surface area contributed by atoms with Crippen LogP contribution in [0, 0.1) is 6.92 Å². The zero-order valence-electron chi connectivity index (χ0n) is 18.8. The van der Waals surface area contributed by atoms with Crippen molar-refractivity contribution in [1.82, 2.24) is 10.4 Å². The third-order valence-corrected chi connectivity index (χ3v) is 6.46. The molecule has 9 heteroatoms. The minimum atomic E-state index is -0.511. The number of hydrogen-bond acceptors (Lipinski definition) is 6. The Morgan fingerprint density at radius 2 is 2.00 bits per heavy atom. The first kappa shape index (κ1) is 25.1. The second kappa shape index (κ2) is 11.0. The van der Waals surface area contributed by atoms with Gasteiger partial charge in [-0.2, -0.15) is 5.01 Å². The first-order valence-corrected chi connectivity index (χ1v) is 12.1. The largest absolute Gasteiger partial charge is 0.490 e. The lowest BCUT2D eigenvalue weighted by atomic mass is 10.1. The molecule has 0 aromatic heterocycles. The summed E-state index contributed by atoms with van der Waals surface area (Å²) in [6, 6.07) is 10.6. The number of hydrogen-bond donors (Lipinski definition) is 1. The maximum absolute atomic E-state index is 12.9. The number of nitrogens with one attached hydrogen (secondary N) is 1. The summed E-state index contributed by atoms with van der Waals surface area (Å²) in [7, 11) is 0. The maximum Gasteiger partial charge on any atom is 0.285 e. The van der Waals surface area contributed by atoms with E-state index in [0.29, 0.717) is 28.0 Å². The molecule has 1 heterocycles. The summed E-state index contributed by atoms with van der Waals surface area (Å²) in [5.41, 5.74) is 4.50. The fraction of sp³-hybridized carbons (Fsp3) is 0.292. The summed E-state index contributed by atoms with van der Waals surface area (Å²) in [6.07, 6.45) is 2.63. The van der Waals surface area contributed by atoms with Gasteiger partial charge >= 0.3 is 0 Å². The van der Waals surface area contributed by atoms with Gasteiger partial charge in [0.2, 0.25) is 0 Å². The van der Waals surface area contributed by atoms with Gasteiger partial charge in [-0.15, -0.1) is 0 Å². The number of aryl methyl sites for hydroxylation is 1. The van der Waals surface area contributed by atoms with E-state index in [1.54, 1.807) is 24.3 Å². The van der Waals surface area contributed by atoms with Crippen LogP contribution in [-0.2, 0) is 4.79 Å². The molecule has 6 nitrogen and oxygen atoms in total. The summed E-state index contributed by atoms with van der Waals surface area (Å²) in [6.45, 7) is 8.30. The van der Waals surface area contributed by atoms with Crippen LogP contribution in [0.1, 0.15) is 48.7 Å². The Morgan fingerprint density at radius 1 is 1.24 bits per heavy atom. The monoisotopic (exact) mass is 504 g/mol. The van der Waals surface area contributed by atoms with Gasteiger partial charge in [-0.1, -0.05) is 42.4 Å². The smallest absolute Gasteiger partial charge is 0.285 e. The van der Waals surface area contributed by atoms with Crippen LogP contribution >= 0.6 is 35.6 Å². The molecule has 1 N–H and O–H groups in total. The minimum Gasteiger partial charge on any atom is -0.490 e. The Morgan fingerprint density at radius 3 is 2.67 bits per heavy atom. The van der Waals surface area contributed by atoms with Crippen molar-refractivity contribution in [1.29, 1.82) is 0 Å². The molecule has 174 valence electrons. The number of thioether (sulfide) groups is 1. The van der Waals surface area contributed by atoms with Gasteiger partial charge in [0, 0.05) is 0 Å². The molecular formula is C24H25ClN2O4S2. The predicted octanol–water partition coefficient (Wildman–Crippen LogP) is 5.77. The second-order valence-corrected chi connectivity index (χ2v) is 9.50. The normalized spacial score (nSPS) is 15.7. The molecule has 1 saturated heterocycles. The van der Waals surface area contributed by atoms with Gasteiger partial charge in [0.15, 0.2) is 15.8 Å². The van der Waals surface area contributed by atoms with Crippen LogP contribution in [0.3, 0.4) is 0 Å². The Hall–Kier alpha value is -2.55. The van der Waals surface area contributed by atoms with Crippen LogP contribution < -0.4 is 14.9 Å². The maximum atomic E-state index is 12.9. The molecule has 0 bridgehead atoms. The van der Waals surface area contributed by atoms with Gasteiger partial charge in [-0.25, -0.2) is 0 Å². The van der Waals surface area contributed by atoms with Crippen LogP contribution in [0.15, 0.2) is 41.3 Å². The van der Waals surface area contributed by atoms with Crippen molar-refractivity contribution in [3.8, 4) is 11.5 Å². The van der Waals surface area contributed by atoms with Crippen molar-refractivity contribution in [2.45, 2.75) is 40.2 Å². The number of nitrogens with zero attached hydrogens (tertiary/aromatic N) is 1. The van der Waals surface area contributed by atoms with Crippen molar-refractivity contribution in [3.05, 3.63) is 63.0 Å². The fourth-order valence-electron chi connectivity index (χ4n) is 2.96. The van der Waals surface area contributed by atoms with Gasteiger partial charge in [0.1, 0.15) is 0 Å². The van der Waals surface area contributed by atoms with Crippen LogP contribution in [0.5, 0.6) is 11.5 Å². The summed E-state index contributed by atoms with van der Waals surface area (Å²) in [5.74, 6) is 0.324. The number of thiocarbonyl (C=S) groups is 1. The highest BCUT2D eigenvalue weighted by Crippen LogP contribution is 2.35. The Kier molecular flexibility index (Phi) is 8.40. The average Bonchev–Trinajstić information content (AvgIpc) is 3.02. The lowest BCUT2D eigenvalue weighted by Gasteiger charge is -2.17. The van der Waals surface area contributed by atoms with Gasteiger partial charge < -0.3 is 9.47 Å². The van der Waals surface area contributed by atoms with E-state index in [1.165, 1.54) is 0 Å². The van der Waals surface area contributed by atoms with Crippen molar-refractivity contribution >= 4 is 57.8 Å². The van der Waals surface area contributed by atoms with Gasteiger partial charge in [0.05, 0.1) is 28.2 Å². The number of carbonyl (C=O) groups excluding carboxylic acids is 2. The topological polar surface area (TPSA) is 67.9 Å². The fourth-order valence-corrected chi connectivity index (χ4v) is 4.46. The summed E-state index contributed by atoms with van der Waals surface area (Å²) >= 11 is 12.6. The molecule has 1 fully saturated rings. The van der Waals surface area contributed by atoms with E-state index >= 15 is 0 Å². The van der Waals surface area contributed by atoms with Crippen LogP contribution in [0.2, 0.25) is 5.02 Å². The molecule has 2 aromatic rings. The zero-order valence-corrected chi connectivity index (χ0v) is 21.2. The number of ether oxygens (including phenoxy) is 2. The van der Waals surface area contributed by atoms with Crippen molar-refractivity contribution in [3.63, 3.8) is 0 Å². The van der Waals surface area contributed by atoms with Crippen molar-refractivity contribution < 1.29 is 19.1 Å². The highest BCUT2D eigenvalue weighted by molar-refractivity contribution is 8.26. The molecule has 1 aliphatic rings. The molecule has 2 aromatic carbocycles. The third-order valence-electron chi connectivity index (χ3n) is 4.84. The lowest BCUT2D eigenvalue weighted by Crippen LogP contribution is -2.44. The number of carbonyl (C=O) groups is 2. The van der Waals surface area contributed by atoms with E-state index in [0.717, 1.165) is 34.3 Å². The van der Waals surface area contributed by atoms with Crippen LogP contribution in [0.25, 0.3) is 6.08 Å². The summed E-state index contributed by atoms with van der Waals surface area (Å²) < 4.78 is 11.9. The molecule has 1 aliphatic heterocycles. The van der Waals surface area contributed by atoms with E-state index in [1.807, 2.05) is 45.9 Å². The molecule has 0 spiro atoms. The zero-order chi connectivity index (χ0) is 24.1. The summed E-state index contributed by atoms with van der Waals surface area (Å²) in [4.78, 5) is 26.0. The van der Waals surface area contributed by atoms with E-state index in [2.05, 4.69) is 5.43 Å². The second-order valence-electron chi connectivity index (χ2n) is 7.42. The molecule has 0 radical (unpaired) electrons. The SMILES string of the molecule is CCOc1cc(/C=C2/SC(=S)N(NC(=O)c3ccc(C)cc3Cl)C2=O)ccc1O[C@@H](C)CC. The third kappa shape index (κ3) is 6.07. The quantitative estimate of drug-likeness (QED) is 0.363. The van der Waals surface area contributed by atoms with Crippen LogP contribution in [-0.4, -0.2) is 33.9 Å². The molecule has 2 amide bonds. The van der Waals surface area contributed by atoms with E-state index in [4.69, 9.17) is 33.3 Å². The number of hydrazine groups is 1.